The molecule has 0 saturated carbocycles. The van der Waals surface area contributed by atoms with Crippen molar-refractivity contribution in [1.29, 1.82) is 0 Å². The molecule has 11 heavy (non-hydrogen) atoms. The van der Waals surface area contributed by atoms with Crippen LogP contribution in [-0.2, 0) is 4.79 Å². The highest BCUT2D eigenvalue weighted by atomic mass is 35.5. The minimum absolute atomic E-state index is 0.0672. The highest BCUT2D eigenvalue weighted by Gasteiger charge is 2.03. The first-order valence-corrected chi connectivity index (χ1v) is 3.83. The minimum Gasteiger partial charge on any atom is -0.480 e. The number of likely N-dealkylation sites (N-methyl/N-ethyl adjacent to an activating group) is 1. The van der Waals surface area contributed by atoms with Gasteiger partial charge in [-0.3, -0.25) is 9.69 Å². The zero-order chi connectivity index (χ0) is 8.69. The minimum atomic E-state index is -0.810. The van der Waals surface area contributed by atoms with E-state index in [9.17, 15) is 4.79 Å². The third kappa shape index (κ3) is 5.88. The predicted molar refractivity (Wildman–Crippen MR) is 44.7 cm³/mol. The van der Waals surface area contributed by atoms with Gasteiger partial charge in [-0.05, 0) is 6.54 Å². The van der Waals surface area contributed by atoms with E-state index in [-0.39, 0.29) is 6.54 Å². The first-order valence-electron chi connectivity index (χ1n) is 3.40. The van der Waals surface area contributed by atoms with Gasteiger partial charge in [0.1, 0.15) is 0 Å². The molecule has 0 aliphatic rings. The lowest BCUT2D eigenvalue weighted by Gasteiger charge is -2.14. The van der Waals surface area contributed by atoms with Gasteiger partial charge in [-0.1, -0.05) is 24.6 Å². The number of aliphatic carboxylic acids is 1. The van der Waals surface area contributed by atoms with E-state index >= 15 is 0 Å². The zero-order valence-electron chi connectivity index (χ0n) is 6.46. The molecule has 0 aliphatic heterocycles. The van der Waals surface area contributed by atoms with E-state index in [0.717, 1.165) is 0 Å². The fourth-order valence-electron chi connectivity index (χ4n) is 0.686. The van der Waals surface area contributed by atoms with Crippen molar-refractivity contribution >= 4 is 17.6 Å². The molecule has 64 valence electrons. The second-order valence-corrected chi connectivity index (χ2v) is 2.34. The topological polar surface area (TPSA) is 40.5 Å². The summed E-state index contributed by atoms with van der Waals surface area (Å²) < 4.78 is 0. The molecule has 0 unspecified atom stereocenters. The van der Waals surface area contributed by atoms with Crippen molar-refractivity contribution < 1.29 is 9.90 Å². The summed E-state index contributed by atoms with van der Waals surface area (Å²) in [5.74, 6) is -0.810. The summed E-state index contributed by atoms with van der Waals surface area (Å²) in [5.41, 5.74) is 1.39. The number of carboxylic acid groups (broad SMARTS) is 1. The number of carboxylic acids is 1. The van der Waals surface area contributed by atoms with Crippen LogP contribution in [-0.4, -0.2) is 35.6 Å². The van der Waals surface area contributed by atoms with Crippen molar-refractivity contribution in [3.8, 4) is 0 Å². The molecule has 3 nitrogen and oxygen atoms in total. The smallest absolute Gasteiger partial charge is 0.317 e. The number of hydrogen-bond acceptors (Lipinski definition) is 2. The average Bonchev–Trinajstić information content (AvgIpc) is 1.97. The summed E-state index contributed by atoms with van der Waals surface area (Å²) in [6, 6.07) is 0. The van der Waals surface area contributed by atoms with E-state index in [4.69, 9.17) is 16.7 Å². The van der Waals surface area contributed by atoms with Crippen molar-refractivity contribution in [2.75, 3.05) is 19.6 Å². The molecule has 0 radical (unpaired) electrons. The van der Waals surface area contributed by atoms with E-state index in [2.05, 4.69) is 0 Å². The highest BCUT2D eigenvalue weighted by Crippen LogP contribution is 1.89. The van der Waals surface area contributed by atoms with Crippen molar-refractivity contribution in [1.82, 2.24) is 4.90 Å². The van der Waals surface area contributed by atoms with Gasteiger partial charge in [0.05, 0.1) is 6.54 Å². The predicted octanol–water partition coefficient (Wildman–Crippen LogP) is 1.15. The molecule has 0 aromatic carbocycles. The number of nitrogens with zero attached hydrogens (tertiary/aromatic N) is 1. The van der Waals surface area contributed by atoms with E-state index < -0.39 is 5.97 Å². The van der Waals surface area contributed by atoms with Crippen LogP contribution < -0.4 is 0 Å². The zero-order valence-corrected chi connectivity index (χ0v) is 7.21. The molecule has 0 heterocycles. The van der Waals surface area contributed by atoms with Crippen LogP contribution in [0, 0.1) is 0 Å². The third-order valence-corrected chi connectivity index (χ3v) is 1.44. The van der Waals surface area contributed by atoms with Gasteiger partial charge in [-0.25, -0.2) is 0 Å². The summed E-state index contributed by atoms with van der Waals surface area (Å²) in [6.07, 6.45) is 1.72. The van der Waals surface area contributed by atoms with Crippen molar-refractivity contribution in [3.05, 3.63) is 11.6 Å². The molecule has 0 aromatic heterocycles. The van der Waals surface area contributed by atoms with Crippen LogP contribution in [0.5, 0.6) is 0 Å². The Balaban J connectivity index is 3.66. The van der Waals surface area contributed by atoms with Gasteiger partial charge >= 0.3 is 5.97 Å². The van der Waals surface area contributed by atoms with Gasteiger partial charge in [0.2, 0.25) is 0 Å². The first kappa shape index (κ1) is 10.5. The maximum absolute atomic E-state index is 10.2. The van der Waals surface area contributed by atoms with Crippen LogP contribution in [0.25, 0.3) is 0 Å². The fourth-order valence-corrected chi connectivity index (χ4v) is 0.765. The molecule has 0 fully saturated rings. The van der Waals surface area contributed by atoms with E-state index in [1.807, 2.05) is 6.92 Å². The van der Waals surface area contributed by atoms with Gasteiger partial charge in [0, 0.05) is 12.1 Å². The molecule has 0 bridgehead atoms. The lowest BCUT2D eigenvalue weighted by molar-refractivity contribution is -0.138. The van der Waals surface area contributed by atoms with Crippen LogP contribution in [0.1, 0.15) is 6.92 Å². The van der Waals surface area contributed by atoms with Gasteiger partial charge < -0.3 is 5.11 Å². The highest BCUT2D eigenvalue weighted by molar-refractivity contribution is 6.25. The molecule has 4 heteroatoms. The molecule has 0 rings (SSSR count). The standard InChI is InChI=1S/C7H12ClNO2/c1-2-9(5-3-4-8)6-7(10)11/h3-4H,2,5-6H2,1H3,(H,10,11)/b4-3+. The van der Waals surface area contributed by atoms with E-state index in [1.54, 1.807) is 11.0 Å². The quantitative estimate of drug-likeness (QED) is 0.685. The summed E-state index contributed by atoms with van der Waals surface area (Å²) in [7, 11) is 0. The van der Waals surface area contributed by atoms with E-state index in [0.29, 0.717) is 13.1 Å². The average molecular weight is 178 g/mol. The lowest BCUT2D eigenvalue weighted by Crippen LogP contribution is -2.29. The van der Waals surface area contributed by atoms with E-state index in [1.165, 1.54) is 5.54 Å². The second kappa shape index (κ2) is 6.19. The summed E-state index contributed by atoms with van der Waals surface area (Å²) >= 11 is 5.28. The molecule has 0 amide bonds. The molecular formula is C7H12ClNO2. The fraction of sp³-hybridized carbons (Fsp3) is 0.571. The summed E-state index contributed by atoms with van der Waals surface area (Å²) in [6.45, 7) is 3.28. The molecule has 0 atom stereocenters. The molecule has 0 saturated heterocycles. The largest absolute Gasteiger partial charge is 0.480 e. The Kier molecular flexibility index (Phi) is 5.88. The first-order chi connectivity index (χ1) is 5.20. The maximum atomic E-state index is 10.2. The number of hydrogen-bond donors (Lipinski definition) is 1. The van der Waals surface area contributed by atoms with Gasteiger partial charge in [-0.15, -0.1) is 0 Å². The van der Waals surface area contributed by atoms with Crippen LogP contribution in [0.2, 0.25) is 0 Å². The van der Waals surface area contributed by atoms with Gasteiger partial charge in [0.25, 0.3) is 0 Å². The third-order valence-electron chi connectivity index (χ3n) is 1.26. The Hall–Kier alpha value is -0.540. The number of rotatable bonds is 5. The maximum Gasteiger partial charge on any atom is 0.317 e. The van der Waals surface area contributed by atoms with Crippen molar-refractivity contribution in [2.24, 2.45) is 0 Å². The lowest BCUT2D eigenvalue weighted by atomic mass is 10.4. The second-order valence-electron chi connectivity index (χ2n) is 2.08. The Bertz CT molecular complexity index is 147. The Morgan fingerprint density at radius 3 is 2.73 bits per heavy atom. The monoisotopic (exact) mass is 177 g/mol. The number of halogens is 1. The van der Waals surface area contributed by atoms with Crippen molar-refractivity contribution in [2.45, 2.75) is 6.92 Å². The summed E-state index contributed by atoms with van der Waals surface area (Å²) in [4.78, 5) is 12.0. The normalized spacial score (nSPS) is 11.2. The number of carbonyl (C=O) groups is 1. The van der Waals surface area contributed by atoms with Crippen LogP contribution in [0.4, 0.5) is 0 Å². The van der Waals surface area contributed by atoms with Crippen LogP contribution >= 0.6 is 11.6 Å². The van der Waals surface area contributed by atoms with Crippen LogP contribution in [0.3, 0.4) is 0 Å². The van der Waals surface area contributed by atoms with Crippen LogP contribution in [0.15, 0.2) is 11.6 Å². The molecule has 1 N–H and O–H groups in total. The SMILES string of the molecule is CCN(C/C=C/Cl)CC(=O)O. The Morgan fingerprint density at radius 2 is 2.36 bits per heavy atom. The molecular weight excluding hydrogens is 166 g/mol. The molecule has 0 spiro atoms. The molecule has 0 aliphatic carbocycles. The van der Waals surface area contributed by atoms with Gasteiger partial charge in [-0.2, -0.15) is 0 Å². The van der Waals surface area contributed by atoms with Gasteiger partial charge in [0.15, 0.2) is 0 Å². The Morgan fingerprint density at radius 1 is 1.73 bits per heavy atom. The van der Waals surface area contributed by atoms with Crippen molar-refractivity contribution in [3.63, 3.8) is 0 Å². The molecule has 0 aromatic rings. The Labute approximate surface area is 71.3 Å². The summed E-state index contributed by atoms with van der Waals surface area (Å²) in [5, 5.41) is 8.42.